The lowest BCUT2D eigenvalue weighted by molar-refractivity contribution is -0.137. The average Bonchev–Trinajstić information content (AvgIpc) is 2.18. The van der Waals surface area contributed by atoms with Gasteiger partial charge in [0.25, 0.3) is 0 Å². The van der Waals surface area contributed by atoms with Crippen LogP contribution < -0.4 is 11.5 Å². The van der Waals surface area contributed by atoms with Crippen LogP contribution in [0.4, 0.5) is 5.69 Å². The number of para-hydroxylation sites is 1. The highest BCUT2D eigenvalue weighted by atomic mass is 32.2. The molecule has 82 valence electrons. The van der Waals surface area contributed by atoms with Crippen molar-refractivity contribution >= 4 is 22.8 Å². The maximum atomic E-state index is 11.7. The molecule has 0 aliphatic carbocycles. The van der Waals surface area contributed by atoms with Crippen LogP contribution in [0.5, 0.6) is 0 Å². The molecule has 0 bridgehead atoms. The van der Waals surface area contributed by atoms with Crippen molar-refractivity contribution in [3.63, 3.8) is 0 Å². The van der Waals surface area contributed by atoms with Gasteiger partial charge in [-0.3, -0.25) is 4.79 Å². The van der Waals surface area contributed by atoms with Crippen molar-refractivity contribution in [3.05, 3.63) is 24.3 Å². The first kappa shape index (κ1) is 11.8. The molecule has 15 heavy (non-hydrogen) atoms. The standard InChI is InChI=1S/C9H12N2O3S/c10-6-3-1-2-4-8(6)15(14)5-7(11)9(12)13/h1-4,7H,5,10-11H2,(H,12,13). The van der Waals surface area contributed by atoms with Crippen LogP contribution in [0, 0.1) is 0 Å². The van der Waals surface area contributed by atoms with Gasteiger partial charge in [-0.15, -0.1) is 0 Å². The Morgan fingerprint density at radius 1 is 1.53 bits per heavy atom. The van der Waals surface area contributed by atoms with Gasteiger partial charge in [-0.1, -0.05) is 12.1 Å². The number of rotatable bonds is 4. The first-order valence-electron chi connectivity index (χ1n) is 4.23. The Bertz CT molecular complexity index is 359. The van der Waals surface area contributed by atoms with Crippen molar-refractivity contribution in [3.8, 4) is 0 Å². The van der Waals surface area contributed by atoms with E-state index in [9.17, 15) is 9.35 Å². The second-order valence-electron chi connectivity index (χ2n) is 2.99. The SMILES string of the molecule is Nc1ccccc1[S+]([O-])CC(N)C(=O)O. The first-order valence-corrected chi connectivity index (χ1v) is 5.55. The fraction of sp³-hybridized carbons (Fsp3) is 0.222. The zero-order valence-corrected chi connectivity index (χ0v) is 8.74. The first-order chi connectivity index (χ1) is 7.02. The Morgan fingerprint density at radius 2 is 2.13 bits per heavy atom. The molecule has 0 saturated heterocycles. The third-order valence-corrected chi connectivity index (χ3v) is 3.34. The summed E-state index contributed by atoms with van der Waals surface area (Å²) in [5.41, 5.74) is 11.2. The van der Waals surface area contributed by atoms with Crippen LogP contribution in [0.15, 0.2) is 29.2 Å². The number of anilines is 1. The molecule has 5 N–H and O–H groups in total. The highest BCUT2D eigenvalue weighted by Gasteiger charge is 2.22. The molecule has 1 aromatic carbocycles. The minimum absolute atomic E-state index is 0.135. The van der Waals surface area contributed by atoms with Crippen LogP contribution in [0.3, 0.4) is 0 Å². The molecule has 0 heterocycles. The fourth-order valence-corrected chi connectivity index (χ4v) is 2.22. The van der Waals surface area contributed by atoms with E-state index in [2.05, 4.69) is 0 Å². The van der Waals surface area contributed by atoms with E-state index in [0.29, 0.717) is 10.6 Å². The van der Waals surface area contributed by atoms with Crippen LogP contribution in [-0.4, -0.2) is 27.4 Å². The van der Waals surface area contributed by atoms with E-state index in [4.69, 9.17) is 16.6 Å². The summed E-state index contributed by atoms with van der Waals surface area (Å²) in [5.74, 6) is -1.30. The largest absolute Gasteiger partial charge is 0.611 e. The van der Waals surface area contributed by atoms with Crippen LogP contribution >= 0.6 is 0 Å². The molecule has 2 atom stereocenters. The predicted octanol–water partition coefficient (Wildman–Crippen LogP) is -0.212. The molecule has 1 rings (SSSR count). The highest BCUT2D eigenvalue weighted by molar-refractivity contribution is 7.91. The van der Waals surface area contributed by atoms with Crippen molar-refractivity contribution < 1.29 is 14.5 Å². The summed E-state index contributed by atoms with van der Waals surface area (Å²) in [7, 11) is 0. The van der Waals surface area contributed by atoms with E-state index in [1.807, 2.05) is 0 Å². The maximum Gasteiger partial charge on any atom is 0.325 e. The molecule has 2 unspecified atom stereocenters. The van der Waals surface area contributed by atoms with E-state index in [1.54, 1.807) is 24.3 Å². The highest BCUT2D eigenvalue weighted by Crippen LogP contribution is 2.18. The Kier molecular flexibility index (Phi) is 3.96. The van der Waals surface area contributed by atoms with Crippen molar-refractivity contribution in [2.75, 3.05) is 11.5 Å². The zero-order chi connectivity index (χ0) is 11.4. The van der Waals surface area contributed by atoms with Crippen molar-refractivity contribution in [1.82, 2.24) is 0 Å². The smallest absolute Gasteiger partial charge is 0.325 e. The third-order valence-electron chi connectivity index (χ3n) is 1.81. The lowest BCUT2D eigenvalue weighted by Crippen LogP contribution is -2.37. The summed E-state index contributed by atoms with van der Waals surface area (Å²) >= 11 is -1.48. The summed E-state index contributed by atoms with van der Waals surface area (Å²) in [5, 5.41) is 8.56. The second-order valence-corrected chi connectivity index (χ2v) is 4.46. The molecule has 0 amide bonds. The normalized spacial score (nSPS) is 14.5. The maximum absolute atomic E-state index is 11.7. The van der Waals surface area contributed by atoms with Crippen LogP contribution in [0.25, 0.3) is 0 Å². The molecule has 1 aromatic rings. The lowest BCUT2D eigenvalue weighted by atomic mass is 10.3. The van der Waals surface area contributed by atoms with Gasteiger partial charge in [0.15, 0.2) is 4.90 Å². The topological polar surface area (TPSA) is 112 Å². The van der Waals surface area contributed by atoms with Crippen LogP contribution in [0.1, 0.15) is 0 Å². The van der Waals surface area contributed by atoms with Gasteiger partial charge >= 0.3 is 5.97 Å². The molecule has 5 nitrogen and oxygen atoms in total. The molecular formula is C9H12N2O3S. The van der Waals surface area contributed by atoms with E-state index in [1.165, 1.54) is 0 Å². The zero-order valence-electron chi connectivity index (χ0n) is 7.92. The second kappa shape index (κ2) is 5.01. The number of carbonyl (C=O) groups is 1. The van der Waals surface area contributed by atoms with Gasteiger partial charge in [-0.25, -0.2) is 0 Å². The molecule has 0 aromatic heterocycles. The van der Waals surface area contributed by atoms with E-state index in [0.717, 1.165) is 0 Å². The molecule has 0 aliphatic rings. The summed E-state index contributed by atoms with van der Waals surface area (Å²) in [6.45, 7) is 0. The Labute approximate surface area is 90.3 Å². The molecule has 0 aliphatic heterocycles. The molecule has 0 fully saturated rings. The molecule has 6 heteroatoms. The Hall–Kier alpha value is -1.24. The molecule has 0 saturated carbocycles. The van der Waals surface area contributed by atoms with E-state index >= 15 is 0 Å². The van der Waals surface area contributed by atoms with E-state index < -0.39 is 23.2 Å². The van der Waals surface area contributed by atoms with Gasteiger partial charge < -0.3 is 21.1 Å². The van der Waals surface area contributed by atoms with Gasteiger partial charge in [-0.05, 0) is 23.3 Å². The Morgan fingerprint density at radius 3 is 2.67 bits per heavy atom. The van der Waals surface area contributed by atoms with Gasteiger partial charge in [0.1, 0.15) is 11.8 Å². The number of carboxylic acid groups (broad SMARTS) is 1. The monoisotopic (exact) mass is 228 g/mol. The minimum atomic E-state index is -1.48. The summed E-state index contributed by atoms with van der Waals surface area (Å²) in [6.07, 6.45) is 0. The molecule has 0 spiro atoms. The molecule has 0 radical (unpaired) electrons. The van der Waals surface area contributed by atoms with Gasteiger partial charge in [-0.2, -0.15) is 0 Å². The number of nitrogens with two attached hydrogens (primary N) is 2. The summed E-state index contributed by atoms with van der Waals surface area (Å²) in [4.78, 5) is 10.9. The van der Waals surface area contributed by atoms with Gasteiger partial charge in [0, 0.05) is 0 Å². The number of benzene rings is 1. The average molecular weight is 228 g/mol. The third kappa shape index (κ3) is 3.12. The number of carboxylic acids is 1. The number of hydrogen-bond donors (Lipinski definition) is 3. The van der Waals surface area contributed by atoms with E-state index in [-0.39, 0.29) is 5.75 Å². The minimum Gasteiger partial charge on any atom is -0.611 e. The summed E-state index contributed by atoms with van der Waals surface area (Å²) < 4.78 is 11.7. The van der Waals surface area contributed by atoms with Crippen LogP contribution in [-0.2, 0) is 16.0 Å². The van der Waals surface area contributed by atoms with Crippen LogP contribution in [0.2, 0.25) is 0 Å². The Balaban J connectivity index is 2.73. The van der Waals surface area contributed by atoms with Crippen molar-refractivity contribution in [2.45, 2.75) is 10.9 Å². The fourth-order valence-electron chi connectivity index (χ4n) is 1.01. The summed E-state index contributed by atoms with van der Waals surface area (Å²) in [6, 6.07) is 5.48. The quantitative estimate of drug-likeness (QED) is 0.487. The van der Waals surface area contributed by atoms with Crippen molar-refractivity contribution in [2.24, 2.45) is 5.73 Å². The molecular weight excluding hydrogens is 216 g/mol. The number of hydrogen-bond acceptors (Lipinski definition) is 4. The van der Waals surface area contributed by atoms with Crippen molar-refractivity contribution in [1.29, 1.82) is 0 Å². The number of nitrogen functional groups attached to an aromatic ring is 1. The van der Waals surface area contributed by atoms with Gasteiger partial charge in [0.05, 0.1) is 5.69 Å². The predicted molar refractivity (Wildman–Crippen MR) is 57.7 cm³/mol. The lowest BCUT2D eigenvalue weighted by Gasteiger charge is -2.13. The van der Waals surface area contributed by atoms with Gasteiger partial charge in [0.2, 0.25) is 0 Å². The number of aliphatic carboxylic acids is 1.